The molecule has 0 spiro atoms. The minimum atomic E-state index is 0.387. The molecule has 1 aromatic heterocycles. The van der Waals surface area contributed by atoms with Crippen molar-refractivity contribution in [2.45, 2.75) is 25.1 Å². The lowest BCUT2D eigenvalue weighted by atomic mass is 10.2. The third-order valence-electron chi connectivity index (χ3n) is 2.34. The minimum absolute atomic E-state index is 0.387. The van der Waals surface area contributed by atoms with Crippen LogP contribution in [-0.2, 0) is 7.05 Å². The van der Waals surface area contributed by atoms with Crippen molar-refractivity contribution < 1.29 is 0 Å². The SMILES string of the molecule is CSC(C)CNC(C)c1cnn(C)c1. The summed E-state index contributed by atoms with van der Waals surface area (Å²) >= 11 is 1.88. The predicted molar refractivity (Wildman–Crippen MR) is 62.6 cm³/mol. The van der Waals surface area contributed by atoms with E-state index in [2.05, 4.69) is 36.7 Å². The summed E-state index contributed by atoms with van der Waals surface area (Å²) in [7, 11) is 1.95. The highest BCUT2D eigenvalue weighted by Crippen LogP contribution is 2.11. The van der Waals surface area contributed by atoms with Gasteiger partial charge in [0.1, 0.15) is 0 Å². The normalized spacial score (nSPS) is 15.4. The highest BCUT2D eigenvalue weighted by atomic mass is 32.2. The summed E-state index contributed by atoms with van der Waals surface area (Å²) in [6.07, 6.45) is 6.12. The molecular weight excluding hydrogens is 194 g/mol. The van der Waals surface area contributed by atoms with Crippen LogP contribution in [0, 0.1) is 0 Å². The Balaban J connectivity index is 2.39. The van der Waals surface area contributed by atoms with Gasteiger partial charge in [0.25, 0.3) is 0 Å². The maximum atomic E-state index is 4.16. The van der Waals surface area contributed by atoms with Crippen molar-refractivity contribution in [1.82, 2.24) is 15.1 Å². The Kier molecular flexibility index (Phi) is 4.48. The van der Waals surface area contributed by atoms with Crippen LogP contribution in [0.4, 0.5) is 0 Å². The van der Waals surface area contributed by atoms with E-state index in [1.807, 2.05) is 29.7 Å². The Hall–Kier alpha value is -0.480. The molecule has 1 N–H and O–H groups in total. The second-order valence-corrected chi connectivity index (χ2v) is 4.90. The molecule has 2 unspecified atom stereocenters. The van der Waals surface area contributed by atoms with Crippen molar-refractivity contribution >= 4 is 11.8 Å². The van der Waals surface area contributed by atoms with E-state index >= 15 is 0 Å². The molecule has 4 heteroatoms. The van der Waals surface area contributed by atoms with E-state index < -0.39 is 0 Å². The van der Waals surface area contributed by atoms with Gasteiger partial charge in [-0.3, -0.25) is 4.68 Å². The Bertz CT molecular complexity index is 272. The summed E-state index contributed by atoms with van der Waals surface area (Å²) in [4.78, 5) is 0. The van der Waals surface area contributed by atoms with Gasteiger partial charge in [0, 0.05) is 36.6 Å². The molecule has 80 valence electrons. The summed E-state index contributed by atoms with van der Waals surface area (Å²) in [5.41, 5.74) is 1.25. The fourth-order valence-corrected chi connectivity index (χ4v) is 1.47. The fourth-order valence-electron chi connectivity index (χ4n) is 1.21. The molecule has 1 aromatic rings. The molecule has 0 aliphatic carbocycles. The van der Waals surface area contributed by atoms with Crippen molar-refractivity contribution in [2.75, 3.05) is 12.8 Å². The number of hydrogen-bond acceptors (Lipinski definition) is 3. The van der Waals surface area contributed by atoms with Crippen LogP contribution in [0.2, 0.25) is 0 Å². The van der Waals surface area contributed by atoms with Crippen molar-refractivity contribution in [3.63, 3.8) is 0 Å². The zero-order valence-corrected chi connectivity index (χ0v) is 10.1. The van der Waals surface area contributed by atoms with E-state index in [1.165, 1.54) is 5.56 Å². The lowest BCUT2D eigenvalue weighted by Crippen LogP contribution is -2.25. The molecule has 1 rings (SSSR count). The summed E-state index contributed by atoms with van der Waals surface area (Å²) < 4.78 is 1.84. The zero-order chi connectivity index (χ0) is 10.6. The van der Waals surface area contributed by atoms with E-state index in [0.717, 1.165) is 6.54 Å². The van der Waals surface area contributed by atoms with Gasteiger partial charge in [-0.15, -0.1) is 0 Å². The van der Waals surface area contributed by atoms with Crippen LogP contribution in [0.3, 0.4) is 0 Å². The molecule has 0 saturated carbocycles. The highest BCUT2D eigenvalue weighted by Gasteiger charge is 2.07. The van der Waals surface area contributed by atoms with Crippen LogP contribution < -0.4 is 5.32 Å². The number of aryl methyl sites for hydroxylation is 1. The molecular formula is C10H19N3S. The van der Waals surface area contributed by atoms with Gasteiger partial charge in [-0.05, 0) is 13.2 Å². The first kappa shape index (κ1) is 11.6. The average Bonchev–Trinajstić information content (AvgIpc) is 2.60. The first-order chi connectivity index (χ1) is 6.63. The van der Waals surface area contributed by atoms with Gasteiger partial charge in [-0.25, -0.2) is 0 Å². The summed E-state index contributed by atoms with van der Waals surface area (Å²) in [6.45, 7) is 5.44. The average molecular weight is 213 g/mol. The van der Waals surface area contributed by atoms with Crippen molar-refractivity contribution in [3.8, 4) is 0 Å². The zero-order valence-electron chi connectivity index (χ0n) is 9.32. The van der Waals surface area contributed by atoms with Crippen molar-refractivity contribution in [2.24, 2.45) is 7.05 Å². The first-order valence-corrected chi connectivity index (χ1v) is 6.17. The van der Waals surface area contributed by atoms with E-state index in [0.29, 0.717) is 11.3 Å². The molecule has 14 heavy (non-hydrogen) atoms. The van der Waals surface area contributed by atoms with Gasteiger partial charge in [0.05, 0.1) is 6.20 Å². The maximum Gasteiger partial charge on any atom is 0.0537 e. The Morgan fingerprint density at radius 1 is 1.57 bits per heavy atom. The molecule has 3 nitrogen and oxygen atoms in total. The number of aromatic nitrogens is 2. The van der Waals surface area contributed by atoms with Crippen LogP contribution in [0.25, 0.3) is 0 Å². The molecule has 0 bridgehead atoms. The van der Waals surface area contributed by atoms with E-state index in [4.69, 9.17) is 0 Å². The summed E-state index contributed by atoms with van der Waals surface area (Å²) in [5, 5.41) is 8.31. The van der Waals surface area contributed by atoms with Crippen LogP contribution in [-0.4, -0.2) is 27.8 Å². The van der Waals surface area contributed by atoms with E-state index in [-0.39, 0.29) is 0 Å². The summed E-state index contributed by atoms with van der Waals surface area (Å²) in [6, 6.07) is 0.387. The number of rotatable bonds is 5. The number of thioether (sulfide) groups is 1. The minimum Gasteiger partial charge on any atom is -0.309 e. The van der Waals surface area contributed by atoms with Gasteiger partial charge in [0.15, 0.2) is 0 Å². The maximum absolute atomic E-state index is 4.16. The number of hydrogen-bond donors (Lipinski definition) is 1. The van der Waals surface area contributed by atoms with Crippen LogP contribution >= 0.6 is 11.8 Å². The van der Waals surface area contributed by atoms with Crippen LogP contribution in [0.1, 0.15) is 25.5 Å². The molecule has 0 aliphatic rings. The Morgan fingerprint density at radius 2 is 2.29 bits per heavy atom. The summed E-state index contributed by atoms with van der Waals surface area (Å²) in [5.74, 6) is 0. The fraction of sp³-hybridized carbons (Fsp3) is 0.700. The number of nitrogens with zero attached hydrogens (tertiary/aromatic N) is 2. The molecule has 0 aliphatic heterocycles. The van der Waals surface area contributed by atoms with E-state index in [1.54, 1.807) is 0 Å². The Labute approximate surface area is 90.3 Å². The van der Waals surface area contributed by atoms with Crippen LogP contribution in [0.15, 0.2) is 12.4 Å². The van der Waals surface area contributed by atoms with E-state index in [9.17, 15) is 0 Å². The lowest BCUT2D eigenvalue weighted by molar-refractivity contribution is 0.575. The third kappa shape index (κ3) is 3.35. The number of nitrogens with one attached hydrogen (secondary N) is 1. The lowest BCUT2D eigenvalue weighted by Gasteiger charge is -2.14. The van der Waals surface area contributed by atoms with Gasteiger partial charge in [-0.2, -0.15) is 16.9 Å². The second kappa shape index (κ2) is 5.41. The monoisotopic (exact) mass is 213 g/mol. The highest BCUT2D eigenvalue weighted by molar-refractivity contribution is 7.99. The van der Waals surface area contributed by atoms with Gasteiger partial charge < -0.3 is 5.32 Å². The van der Waals surface area contributed by atoms with Crippen molar-refractivity contribution in [3.05, 3.63) is 18.0 Å². The Morgan fingerprint density at radius 3 is 2.79 bits per heavy atom. The molecule has 0 fully saturated rings. The molecule has 0 aromatic carbocycles. The topological polar surface area (TPSA) is 29.9 Å². The largest absolute Gasteiger partial charge is 0.309 e. The van der Waals surface area contributed by atoms with Crippen molar-refractivity contribution in [1.29, 1.82) is 0 Å². The van der Waals surface area contributed by atoms with Crippen LogP contribution in [0.5, 0.6) is 0 Å². The third-order valence-corrected chi connectivity index (χ3v) is 3.31. The molecule has 2 atom stereocenters. The van der Waals surface area contributed by atoms with Gasteiger partial charge in [-0.1, -0.05) is 6.92 Å². The smallest absolute Gasteiger partial charge is 0.0537 e. The van der Waals surface area contributed by atoms with Gasteiger partial charge >= 0.3 is 0 Å². The molecule has 1 heterocycles. The molecule has 0 saturated heterocycles. The standard InChI is InChI=1S/C10H19N3S/c1-8(14-4)5-11-9(2)10-6-12-13(3)7-10/h6-9,11H,5H2,1-4H3. The van der Waals surface area contributed by atoms with Gasteiger partial charge in [0.2, 0.25) is 0 Å². The molecule has 0 amide bonds. The second-order valence-electron chi connectivity index (χ2n) is 3.62. The predicted octanol–water partition coefficient (Wildman–Crippen LogP) is 1.82. The quantitative estimate of drug-likeness (QED) is 0.809. The first-order valence-electron chi connectivity index (χ1n) is 4.88. The molecule has 0 radical (unpaired) electrons.